The van der Waals surface area contributed by atoms with Crippen LogP contribution in [0.1, 0.15) is 21.6 Å². The summed E-state index contributed by atoms with van der Waals surface area (Å²) < 4.78 is 13.1. The molecule has 4 aromatic carbocycles. The van der Waals surface area contributed by atoms with E-state index in [1.54, 1.807) is 32.6 Å². The van der Waals surface area contributed by atoms with Crippen molar-refractivity contribution in [3.05, 3.63) is 114 Å². The number of benzene rings is 4. The topological polar surface area (TPSA) is 64.8 Å². The van der Waals surface area contributed by atoms with E-state index in [2.05, 4.69) is 46.3 Å². The van der Waals surface area contributed by atoms with Gasteiger partial charge in [0.25, 0.3) is 5.91 Å². The Balaban J connectivity index is 1.37. The molecule has 6 nitrogen and oxygen atoms in total. The van der Waals surface area contributed by atoms with Crippen LogP contribution in [0.4, 0.5) is 0 Å². The van der Waals surface area contributed by atoms with Crippen molar-refractivity contribution >= 4 is 22.9 Å². The van der Waals surface area contributed by atoms with Gasteiger partial charge in [-0.1, -0.05) is 42.5 Å². The number of aryl methyl sites for hydroxylation is 1. The molecule has 1 amide bonds. The van der Waals surface area contributed by atoms with Gasteiger partial charge in [0.2, 0.25) is 0 Å². The molecule has 0 fully saturated rings. The zero-order valence-electron chi connectivity index (χ0n) is 20.9. The number of amides is 1. The quantitative estimate of drug-likeness (QED) is 0.213. The van der Waals surface area contributed by atoms with Gasteiger partial charge in [-0.25, -0.2) is 5.43 Å². The van der Waals surface area contributed by atoms with E-state index >= 15 is 0 Å². The standard InChI is InChI=1S/C31H27N3O3/c1-21-9-17-29(23-7-5-4-6-8-23)34(21)25-14-10-24(11-15-25)31(35)33-32-20-28-27-19-26(36-2)16-12-22(27)13-18-30(28)37-3/h4-20H,1-3H3,(H,33,35)/b32-20+. The van der Waals surface area contributed by atoms with E-state index in [9.17, 15) is 4.79 Å². The molecule has 5 aromatic rings. The van der Waals surface area contributed by atoms with E-state index < -0.39 is 0 Å². The number of carbonyl (C=O) groups is 1. The Bertz CT molecular complexity index is 1580. The molecular formula is C31H27N3O3. The summed E-state index contributed by atoms with van der Waals surface area (Å²) in [5.74, 6) is 1.08. The zero-order chi connectivity index (χ0) is 25.8. The van der Waals surface area contributed by atoms with Crippen molar-refractivity contribution in [3.8, 4) is 28.4 Å². The number of hydrazone groups is 1. The number of hydrogen-bond donors (Lipinski definition) is 1. The maximum atomic E-state index is 12.8. The van der Waals surface area contributed by atoms with Crippen molar-refractivity contribution < 1.29 is 14.3 Å². The lowest BCUT2D eigenvalue weighted by molar-refractivity contribution is 0.0955. The van der Waals surface area contributed by atoms with Crippen LogP contribution in [0.5, 0.6) is 11.5 Å². The Morgan fingerprint density at radius 3 is 2.35 bits per heavy atom. The molecule has 0 atom stereocenters. The van der Waals surface area contributed by atoms with Gasteiger partial charge in [-0.3, -0.25) is 4.79 Å². The number of fused-ring (bicyclic) bond motifs is 1. The van der Waals surface area contributed by atoms with Gasteiger partial charge < -0.3 is 14.0 Å². The molecule has 184 valence electrons. The molecule has 0 aliphatic rings. The summed E-state index contributed by atoms with van der Waals surface area (Å²) in [5.41, 5.74) is 8.22. The molecule has 6 heteroatoms. The molecule has 1 N–H and O–H groups in total. The second-order valence-electron chi connectivity index (χ2n) is 8.58. The van der Waals surface area contributed by atoms with Crippen LogP contribution in [-0.2, 0) is 0 Å². The lowest BCUT2D eigenvalue weighted by Crippen LogP contribution is -2.17. The Kier molecular flexibility index (Phi) is 6.72. The second-order valence-corrected chi connectivity index (χ2v) is 8.58. The molecule has 0 saturated carbocycles. The van der Waals surface area contributed by atoms with Crippen molar-refractivity contribution in [2.45, 2.75) is 6.92 Å². The molecule has 0 saturated heterocycles. The third-order valence-corrected chi connectivity index (χ3v) is 6.34. The third-order valence-electron chi connectivity index (χ3n) is 6.34. The SMILES string of the molecule is COc1ccc2ccc(OC)c(/C=N/NC(=O)c3ccc(-n4c(C)ccc4-c4ccccc4)cc3)c2c1. The van der Waals surface area contributed by atoms with E-state index in [0.29, 0.717) is 11.3 Å². The summed E-state index contributed by atoms with van der Waals surface area (Å²) in [6.45, 7) is 2.07. The van der Waals surface area contributed by atoms with E-state index in [-0.39, 0.29) is 5.91 Å². The highest BCUT2D eigenvalue weighted by Gasteiger charge is 2.12. The number of hydrogen-bond acceptors (Lipinski definition) is 4. The molecule has 5 rings (SSSR count). The summed E-state index contributed by atoms with van der Waals surface area (Å²) in [6, 6.07) is 31.6. The molecule has 0 spiro atoms. The van der Waals surface area contributed by atoms with Crippen molar-refractivity contribution in [1.29, 1.82) is 0 Å². The van der Waals surface area contributed by atoms with Gasteiger partial charge in [0.05, 0.1) is 26.1 Å². The van der Waals surface area contributed by atoms with Crippen LogP contribution < -0.4 is 14.9 Å². The number of methoxy groups -OCH3 is 2. The lowest BCUT2D eigenvalue weighted by Gasteiger charge is -2.13. The smallest absolute Gasteiger partial charge is 0.271 e. The maximum absolute atomic E-state index is 12.8. The van der Waals surface area contributed by atoms with Gasteiger partial charge >= 0.3 is 0 Å². The van der Waals surface area contributed by atoms with Crippen LogP contribution >= 0.6 is 0 Å². The van der Waals surface area contributed by atoms with Crippen LogP contribution in [0.25, 0.3) is 27.7 Å². The van der Waals surface area contributed by atoms with E-state index in [1.807, 2.05) is 60.7 Å². The maximum Gasteiger partial charge on any atom is 0.271 e. The van der Waals surface area contributed by atoms with Gasteiger partial charge in [0, 0.05) is 22.5 Å². The summed E-state index contributed by atoms with van der Waals surface area (Å²) in [6.07, 6.45) is 1.60. The van der Waals surface area contributed by atoms with Crippen molar-refractivity contribution in [2.75, 3.05) is 14.2 Å². The molecule has 0 unspecified atom stereocenters. The summed E-state index contributed by atoms with van der Waals surface area (Å²) in [7, 11) is 3.23. The highest BCUT2D eigenvalue weighted by atomic mass is 16.5. The van der Waals surface area contributed by atoms with Crippen molar-refractivity contribution in [2.24, 2.45) is 5.10 Å². The van der Waals surface area contributed by atoms with E-state index in [1.165, 1.54) is 0 Å². The molecule has 1 heterocycles. The highest BCUT2D eigenvalue weighted by Crippen LogP contribution is 2.30. The molecule has 0 bridgehead atoms. The highest BCUT2D eigenvalue weighted by molar-refractivity contribution is 6.03. The Labute approximate surface area is 215 Å². The van der Waals surface area contributed by atoms with E-state index in [4.69, 9.17) is 9.47 Å². The largest absolute Gasteiger partial charge is 0.497 e. The minimum absolute atomic E-state index is 0.299. The molecule has 0 radical (unpaired) electrons. The van der Waals surface area contributed by atoms with Crippen molar-refractivity contribution in [1.82, 2.24) is 9.99 Å². The predicted molar refractivity (Wildman–Crippen MR) is 148 cm³/mol. The summed E-state index contributed by atoms with van der Waals surface area (Å²) in [4.78, 5) is 12.8. The van der Waals surface area contributed by atoms with Crippen LogP contribution in [-0.4, -0.2) is 30.9 Å². The Morgan fingerprint density at radius 2 is 1.62 bits per heavy atom. The lowest BCUT2D eigenvalue weighted by atomic mass is 10.0. The van der Waals surface area contributed by atoms with Gasteiger partial charge in [-0.15, -0.1) is 0 Å². The van der Waals surface area contributed by atoms with Gasteiger partial charge in [0.1, 0.15) is 11.5 Å². The number of carbonyl (C=O) groups excluding carboxylic acids is 1. The van der Waals surface area contributed by atoms with Crippen molar-refractivity contribution in [3.63, 3.8) is 0 Å². The molecular weight excluding hydrogens is 462 g/mol. The molecule has 0 aliphatic carbocycles. The average molecular weight is 490 g/mol. The molecule has 37 heavy (non-hydrogen) atoms. The van der Waals surface area contributed by atoms with Gasteiger partial charge in [0.15, 0.2) is 0 Å². The van der Waals surface area contributed by atoms with Gasteiger partial charge in [-0.05, 0) is 77.9 Å². The fraction of sp³-hybridized carbons (Fsp3) is 0.0968. The average Bonchev–Trinajstić information content (AvgIpc) is 3.34. The minimum atomic E-state index is -0.299. The fourth-order valence-corrected chi connectivity index (χ4v) is 4.44. The first-order valence-electron chi connectivity index (χ1n) is 11.9. The summed E-state index contributed by atoms with van der Waals surface area (Å²) in [5, 5.41) is 6.15. The first kappa shape index (κ1) is 23.9. The second kappa shape index (κ2) is 10.4. The first-order valence-corrected chi connectivity index (χ1v) is 11.9. The summed E-state index contributed by atoms with van der Waals surface area (Å²) >= 11 is 0. The fourth-order valence-electron chi connectivity index (χ4n) is 4.44. The first-order chi connectivity index (χ1) is 18.1. The number of nitrogens with one attached hydrogen (secondary N) is 1. The number of aromatic nitrogens is 1. The van der Waals surface area contributed by atoms with Crippen LogP contribution in [0, 0.1) is 6.92 Å². The Morgan fingerprint density at radius 1 is 0.865 bits per heavy atom. The number of rotatable bonds is 7. The van der Waals surface area contributed by atoms with E-state index in [0.717, 1.165) is 44.7 Å². The Hall–Kier alpha value is -4.84. The zero-order valence-corrected chi connectivity index (χ0v) is 20.9. The minimum Gasteiger partial charge on any atom is -0.497 e. The van der Waals surface area contributed by atoms with Crippen LogP contribution in [0.15, 0.2) is 102 Å². The normalized spacial score (nSPS) is 11.1. The van der Waals surface area contributed by atoms with Gasteiger partial charge in [-0.2, -0.15) is 5.10 Å². The van der Waals surface area contributed by atoms with Crippen LogP contribution in [0.3, 0.4) is 0 Å². The third kappa shape index (κ3) is 4.82. The molecule has 0 aliphatic heterocycles. The monoisotopic (exact) mass is 489 g/mol. The predicted octanol–water partition coefficient (Wildman–Crippen LogP) is 6.39. The number of nitrogens with zero attached hydrogens (tertiary/aromatic N) is 2. The number of ether oxygens (including phenoxy) is 2. The molecule has 1 aromatic heterocycles. The van der Waals surface area contributed by atoms with Crippen LogP contribution in [0.2, 0.25) is 0 Å².